The van der Waals surface area contributed by atoms with E-state index in [0.29, 0.717) is 0 Å². The van der Waals surface area contributed by atoms with Crippen molar-refractivity contribution < 1.29 is 29.0 Å². The highest BCUT2D eigenvalue weighted by Crippen LogP contribution is 2.34. The summed E-state index contributed by atoms with van der Waals surface area (Å²) in [6, 6.07) is 8.70. The molecule has 1 aliphatic heterocycles. The molecular formula is C22H24N2O6S2. The number of aliphatic carboxylic acids is 1. The minimum absolute atomic E-state index is 0.0284. The van der Waals surface area contributed by atoms with Crippen molar-refractivity contribution in [2.45, 2.75) is 37.7 Å². The molecule has 3 amide bonds. The van der Waals surface area contributed by atoms with Crippen LogP contribution in [0.2, 0.25) is 0 Å². The Morgan fingerprint density at radius 2 is 1.75 bits per heavy atom. The van der Waals surface area contributed by atoms with Crippen LogP contribution in [0.5, 0.6) is 0 Å². The van der Waals surface area contributed by atoms with Crippen molar-refractivity contribution in [3.63, 3.8) is 0 Å². The lowest BCUT2D eigenvalue weighted by Crippen LogP contribution is -2.46. The van der Waals surface area contributed by atoms with Crippen molar-refractivity contribution in [3.05, 3.63) is 57.8 Å². The quantitative estimate of drug-likeness (QED) is 0.557. The van der Waals surface area contributed by atoms with Crippen LogP contribution in [-0.2, 0) is 9.53 Å². The number of alkyl carbamates (subject to hydrolysis) is 1. The first-order valence-corrected chi connectivity index (χ1v) is 11.8. The number of carbonyl (C=O) groups excluding carboxylic acids is 3. The minimum atomic E-state index is -1.34. The number of ether oxygens (including phenoxy) is 1. The Labute approximate surface area is 193 Å². The molecule has 0 spiro atoms. The SMILES string of the molecule is CC(C)(C)OC(=O)NCC(SC[C@H](C(=O)O)N1C(=O)c2ccccc2C1=O)c1cccs1. The minimum Gasteiger partial charge on any atom is -0.480 e. The fourth-order valence-corrected chi connectivity index (χ4v) is 5.39. The van der Waals surface area contributed by atoms with Gasteiger partial charge in [-0.25, -0.2) is 9.59 Å². The fourth-order valence-electron chi connectivity index (χ4n) is 3.16. The molecule has 8 nitrogen and oxygen atoms in total. The number of fused-ring (bicyclic) bond motifs is 1. The van der Waals surface area contributed by atoms with Crippen molar-refractivity contribution in [2.24, 2.45) is 0 Å². The second-order valence-electron chi connectivity index (χ2n) is 8.10. The van der Waals surface area contributed by atoms with Gasteiger partial charge in [0.15, 0.2) is 0 Å². The van der Waals surface area contributed by atoms with Crippen LogP contribution >= 0.6 is 23.1 Å². The number of nitrogens with zero attached hydrogens (tertiary/aromatic N) is 1. The van der Waals surface area contributed by atoms with Crippen molar-refractivity contribution in [2.75, 3.05) is 12.3 Å². The Hall–Kier alpha value is -2.85. The third-order valence-electron chi connectivity index (χ3n) is 4.57. The van der Waals surface area contributed by atoms with E-state index in [0.717, 1.165) is 9.78 Å². The number of carboxylic acid groups (broad SMARTS) is 1. The maximum atomic E-state index is 12.7. The third kappa shape index (κ3) is 5.49. The number of thioether (sulfide) groups is 1. The first kappa shape index (κ1) is 23.8. The van der Waals surface area contributed by atoms with E-state index in [1.54, 1.807) is 32.9 Å². The molecule has 0 saturated heterocycles. The molecule has 1 unspecified atom stereocenters. The van der Waals surface area contributed by atoms with E-state index in [2.05, 4.69) is 5.32 Å². The molecule has 2 heterocycles. The molecule has 2 aromatic rings. The predicted molar refractivity (Wildman–Crippen MR) is 122 cm³/mol. The first-order valence-electron chi connectivity index (χ1n) is 9.90. The van der Waals surface area contributed by atoms with Gasteiger partial charge in [0, 0.05) is 17.2 Å². The standard InChI is InChI=1S/C22H24N2O6S2/c1-22(2,3)30-21(29)23-11-17(16-9-6-10-31-16)32-12-15(20(27)28)24-18(25)13-7-4-5-8-14(13)19(24)26/h4-10,15,17H,11-12H2,1-3H3,(H,23,29)(H,27,28)/t15-,17?/m1/s1. The number of imide groups is 1. The van der Waals surface area contributed by atoms with Crippen LogP contribution in [0.25, 0.3) is 0 Å². The van der Waals surface area contributed by atoms with Crippen LogP contribution in [0.4, 0.5) is 4.79 Å². The number of nitrogens with one attached hydrogen (secondary N) is 1. The zero-order chi connectivity index (χ0) is 23.5. The molecule has 0 fully saturated rings. The first-order chi connectivity index (χ1) is 15.1. The molecule has 10 heteroatoms. The lowest BCUT2D eigenvalue weighted by Gasteiger charge is -2.25. The van der Waals surface area contributed by atoms with Crippen LogP contribution in [0, 0.1) is 0 Å². The van der Waals surface area contributed by atoms with Gasteiger partial charge in [0.2, 0.25) is 0 Å². The summed E-state index contributed by atoms with van der Waals surface area (Å²) < 4.78 is 5.27. The average molecular weight is 477 g/mol. The summed E-state index contributed by atoms with van der Waals surface area (Å²) in [5.41, 5.74) is -0.236. The Morgan fingerprint density at radius 1 is 1.12 bits per heavy atom. The van der Waals surface area contributed by atoms with Crippen molar-refractivity contribution in [1.82, 2.24) is 10.2 Å². The molecule has 1 aromatic carbocycles. The number of amides is 3. The van der Waals surface area contributed by atoms with Crippen molar-refractivity contribution >= 4 is 47.0 Å². The second-order valence-corrected chi connectivity index (χ2v) is 10.3. The van der Waals surface area contributed by atoms with Gasteiger partial charge in [0.25, 0.3) is 11.8 Å². The Balaban J connectivity index is 1.72. The van der Waals surface area contributed by atoms with Crippen LogP contribution in [0.1, 0.15) is 51.6 Å². The van der Waals surface area contributed by atoms with Crippen LogP contribution in [-0.4, -0.2) is 57.8 Å². The summed E-state index contributed by atoms with van der Waals surface area (Å²) in [5.74, 6) is -2.52. The number of benzene rings is 1. The molecule has 1 aromatic heterocycles. The highest BCUT2D eigenvalue weighted by Gasteiger charge is 2.43. The topological polar surface area (TPSA) is 113 Å². The van der Waals surface area contributed by atoms with Gasteiger partial charge in [-0.05, 0) is 44.4 Å². The maximum Gasteiger partial charge on any atom is 0.407 e. The third-order valence-corrected chi connectivity index (χ3v) is 7.04. The van der Waals surface area contributed by atoms with E-state index in [1.165, 1.54) is 35.2 Å². The molecule has 2 atom stereocenters. The Bertz CT molecular complexity index is 981. The van der Waals surface area contributed by atoms with Crippen LogP contribution in [0.3, 0.4) is 0 Å². The molecule has 0 saturated carbocycles. The molecule has 0 bridgehead atoms. The van der Waals surface area contributed by atoms with Crippen molar-refractivity contribution in [1.29, 1.82) is 0 Å². The Morgan fingerprint density at radius 3 is 2.25 bits per heavy atom. The number of rotatable bonds is 8. The van der Waals surface area contributed by atoms with Gasteiger partial charge in [-0.15, -0.1) is 23.1 Å². The normalized spacial score (nSPS) is 15.3. The molecule has 0 radical (unpaired) electrons. The van der Waals surface area contributed by atoms with E-state index in [1.807, 2.05) is 17.5 Å². The summed E-state index contributed by atoms with van der Waals surface area (Å²) in [7, 11) is 0. The monoisotopic (exact) mass is 476 g/mol. The maximum absolute atomic E-state index is 12.7. The average Bonchev–Trinajstić information content (AvgIpc) is 3.32. The van der Waals surface area contributed by atoms with Gasteiger partial charge >= 0.3 is 12.1 Å². The molecule has 32 heavy (non-hydrogen) atoms. The number of hydrogen-bond acceptors (Lipinski definition) is 7. The zero-order valence-electron chi connectivity index (χ0n) is 17.9. The number of carboxylic acids is 1. The lowest BCUT2D eigenvalue weighted by atomic mass is 10.1. The van der Waals surface area contributed by atoms with Crippen LogP contribution < -0.4 is 5.32 Å². The van der Waals surface area contributed by atoms with Gasteiger partial charge in [0.05, 0.1) is 16.4 Å². The fraction of sp³-hybridized carbons (Fsp3) is 0.364. The summed E-state index contributed by atoms with van der Waals surface area (Å²) in [4.78, 5) is 51.3. The summed E-state index contributed by atoms with van der Waals surface area (Å²) >= 11 is 2.73. The molecule has 1 aliphatic rings. The van der Waals surface area contributed by atoms with E-state index in [-0.39, 0.29) is 28.7 Å². The second kappa shape index (κ2) is 9.74. The van der Waals surface area contributed by atoms with E-state index < -0.39 is 35.5 Å². The van der Waals surface area contributed by atoms with Gasteiger partial charge in [-0.1, -0.05) is 18.2 Å². The zero-order valence-corrected chi connectivity index (χ0v) is 19.5. The summed E-state index contributed by atoms with van der Waals surface area (Å²) in [6.07, 6.45) is -0.574. The number of hydrogen-bond donors (Lipinski definition) is 2. The number of thiophene rings is 1. The lowest BCUT2D eigenvalue weighted by molar-refractivity contribution is -0.140. The smallest absolute Gasteiger partial charge is 0.407 e. The van der Waals surface area contributed by atoms with E-state index >= 15 is 0 Å². The van der Waals surface area contributed by atoms with Crippen molar-refractivity contribution in [3.8, 4) is 0 Å². The van der Waals surface area contributed by atoms with Gasteiger partial charge in [-0.2, -0.15) is 0 Å². The molecule has 2 N–H and O–H groups in total. The highest BCUT2D eigenvalue weighted by atomic mass is 32.2. The molecule has 170 valence electrons. The summed E-state index contributed by atoms with van der Waals surface area (Å²) in [5, 5.41) is 14.1. The predicted octanol–water partition coefficient (Wildman–Crippen LogP) is 3.80. The largest absolute Gasteiger partial charge is 0.480 e. The van der Waals surface area contributed by atoms with Gasteiger partial charge in [0.1, 0.15) is 11.6 Å². The Kier molecular flexibility index (Phi) is 7.25. The molecule has 3 rings (SSSR count). The summed E-state index contributed by atoms with van der Waals surface area (Å²) in [6.45, 7) is 5.49. The van der Waals surface area contributed by atoms with Gasteiger partial charge < -0.3 is 15.2 Å². The van der Waals surface area contributed by atoms with E-state index in [9.17, 15) is 24.3 Å². The molecular weight excluding hydrogens is 452 g/mol. The van der Waals surface area contributed by atoms with E-state index in [4.69, 9.17) is 4.74 Å². The number of carbonyl (C=O) groups is 4. The van der Waals surface area contributed by atoms with Gasteiger partial charge in [-0.3, -0.25) is 14.5 Å². The molecule has 0 aliphatic carbocycles. The highest BCUT2D eigenvalue weighted by molar-refractivity contribution is 7.99. The van der Waals surface area contributed by atoms with Crippen LogP contribution in [0.15, 0.2) is 41.8 Å².